The second-order valence-corrected chi connectivity index (χ2v) is 4.22. The van der Waals surface area contributed by atoms with Gasteiger partial charge in [0.25, 0.3) is 0 Å². The lowest BCUT2D eigenvalue weighted by Gasteiger charge is -2.13. The van der Waals surface area contributed by atoms with Gasteiger partial charge in [-0.15, -0.1) is 0 Å². The summed E-state index contributed by atoms with van der Waals surface area (Å²) >= 11 is 0. The number of nitrogens with zero attached hydrogens (tertiary/aromatic N) is 1. The highest BCUT2D eigenvalue weighted by Gasteiger charge is 2.14. The molecule has 0 aliphatic carbocycles. The Morgan fingerprint density at radius 3 is 2.82 bits per heavy atom. The molecule has 3 nitrogen and oxygen atoms in total. The van der Waals surface area contributed by atoms with Gasteiger partial charge in [0.15, 0.2) is 0 Å². The molecule has 0 amide bonds. The van der Waals surface area contributed by atoms with Crippen molar-refractivity contribution in [2.45, 2.75) is 26.2 Å². The third-order valence-corrected chi connectivity index (χ3v) is 3.18. The van der Waals surface area contributed by atoms with E-state index < -0.39 is 5.97 Å². The SMILES string of the molecule is CCC(C)c1ccc(C(=O)O)c2ncccc12. The van der Waals surface area contributed by atoms with Gasteiger partial charge in [0, 0.05) is 11.6 Å². The number of aromatic carboxylic acids is 1. The number of pyridine rings is 1. The standard InChI is InChI=1S/C14H15NO2/c1-3-9(2)10-6-7-12(14(16)17)13-11(10)5-4-8-15-13/h4-9H,3H2,1-2H3,(H,16,17). The van der Waals surface area contributed by atoms with Crippen molar-refractivity contribution in [3.63, 3.8) is 0 Å². The highest BCUT2D eigenvalue weighted by Crippen LogP contribution is 2.28. The highest BCUT2D eigenvalue weighted by molar-refractivity contribution is 6.02. The van der Waals surface area contributed by atoms with Crippen molar-refractivity contribution in [2.24, 2.45) is 0 Å². The summed E-state index contributed by atoms with van der Waals surface area (Å²) in [7, 11) is 0. The minimum absolute atomic E-state index is 0.271. The molecule has 0 saturated carbocycles. The third-order valence-electron chi connectivity index (χ3n) is 3.18. The lowest BCUT2D eigenvalue weighted by atomic mass is 9.93. The van der Waals surface area contributed by atoms with Crippen LogP contribution in [0.1, 0.15) is 42.1 Å². The van der Waals surface area contributed by atoms with Gasteiger partial charge in [0.05, 0.1) is 11.1 Å². The Morgan fingerprint density at radius 1 is 1.41 bits per heavy atom. The Bertz CT molecular complexity index is 563. The topological polar surface area (TPSA) is 50.2 Å². The summed E-state index contributed by atoms with van der Waals surface area (Å²) in [4.78, 5) is 15.3. The summed E-state index contributed by atoms with van der Waals surface area (Å²) in [5.41, 5.74) is 2.02. The Balaban J connectivity index is 2.75. The van der Waals surface area contributed by atoms with E-state index in [9.17, 15) is 4.79 Å². The molecule has 17 heavy (non-hydrogen) atoms. The monoisotopic (exact) mass is 229 g/mol. The molecule has 3 heteroatoms. The molecule has 88 valence electrons. The average molecular weight is 229 g/mol. The van der Waals surface area contributed by atoms with E-state index in [1.54, 1.807) is 12.3 Å². The molecule has 0 aliphatic rings. The Morgan fingerprint density at radius 2 is 2.18 bits per heavy atom. The van der Waals surface area contributed by atoms with Gasteiger partial charge in [-0.25, -0.2) is 4.79 Å². The second-order valence-electron chi connectivity index (χ2n) is 4.22. The smallest absolute Gasteiger partial charge is 0.337 e. The summed E-state index contributed by atoms with van der Waals surface area (Å²) in [5.74, 6) is -0.519. The Hall–Kier alpha value is -1.90. The number of fused-ring (bicyclic) bond motifs is 1. The highest BCUT2D eigenvalue weighted by atomic mass is 16.4. The van der Waals surface area contributed by atoms with E-state index in [0.717, 1.165) is 11.8 Å². The molecule has 0 saturated heterocycles. The maximum atomic E-state index is 11.1. The van der Waals surface area contributed by atoms with E-state index in [0.29, 0.717) is 11.4 Å². The Kier molecular flexibility index (Phi) is 3.09. The van der Waals surface area contributed by atoms with Crippen LogP contribution in [0.2, 0.25) is 0 Å². The molecule has 2 aromatic rings. The van der Waals surface area contributed by atoms with E-state index in [4.69, 9.17) is 5.11 Å². The first-order valence-corrected chi connectivity index (χ1v) is 5.76. The summed E-state index contributed by atoms with van der Waals surface area (Å²) < 4.78 is 0. The van der Waals surface area contributed by atoms with Crippen LogP contribution in [0.3, 0.4) is 0 Å². The molecule has 1 heterocycles. The van der Waals surface area contributed by atoms with Gasteiger partial charge in [-0.05, 0) is 30.0 Å². The summed E-state index contributed by atoms with van der Waals surface area (Å²) in [5, 5.41) is 10.1. The molecule has 0 bridgehead atoms. The number of aromatic nitrogens is 1. The fourth-order valence-corrected chi connectivity index (χ4v) is 2.02. The summed E-state index contributed by atoms with van der Waals surface area (Å²) in [6.07, 6.45) is 2.66. The van der Waals surface area contributed by atoms with E-state index in [1.165, 1.54) is 5.56 Å². The van der Waals surface area contributed by atoms with Gasteiger partial charge in [-0.3, -0.25) is 4.98 Å². The number of carbonyl (C=O) groups is 1. The van der Waals surface area contributed by atoms with Crippen molar-refractivity contribution >= 4 is 16.9 Å². The van der Waals surface area contributed by atoms with Crippen LogP contribution in [0.25, 0.3) is 10.9 Å². The van der Waals surface area contributed by atoms with Gasteiger partial charge < -0.3 is 5.11 Å². The lowest BCUT2D eigenvalue weighted by molar-refractivity contribution is 0.0699. The van der Waals surface area contributed by atoms with E-state index in [-0.39, 0.29) is 5.56 Å². The molecule has 2 rings (SSSR count). The predicted octanol–water partition coefficient (Wildman–Crippen LogP) is 3.45. The van der Waals surface area contributed by atoms with Gasteiger partial charge in [-0.2, -0.15) is 0 Å². The number of hydrogen-bond donors (Lipinski definition) is 1. The van der Waals surface area contributed by atoms with Crippen LogP contribution in [0.4, 0.5) is 0 Å². The molecule has 0 radical (unpaired) electrons. The van der Waals surface area contributed by atoms with Crippen LogP contribution in [-0.4, -0.2) is 16.1 Å². The van der Waals surface area contributed by atoms with Crippen molar-refractivity contribution in [1.82, 2.24) is 4.98 Å². The molecule has 0 spiro atoms. The van der Waals surface area contributed by atoms with Gasteiger partial charge in [-0.1, -0.05) is 26.0 Å². The first-order chi connectivity index (χ1) is 8.15. The fraction of sp³-hybridized carbons (Fsp3) is 0.286. The molecule has 1 atom stereocenters. The zero-order chi connectivity index (χ0) is 12.4. The number of benzene rings is 1. The Labute approximate surface area is 100 Å². The molecule has 0 fully saturated rings. The van der Waals surface area contributed by atoms with Crippen LogP contribution in [0.15, 0.2) is 30.5 Å². The maximum absolute atomic E-state index is 11.1. The van der Waals surface area contributed by atoms with Crippen LogP contribution in [0, 0.1) is 0 Å². The van der Waals surface area contributed by atoms with Crippen LogP contribution in [-0.2, 0) is 0 Å². The number of carboxylic acid groups (broad SMARTS) is 1. The molecule has 0 aliphatic heterocycles. The molecular formula is C14H15NO2. The molecular weight excluding hydrogens is 214 g/mol. The summed E-state index contributed by atoms with van der Waals surface area (Å²) in [6.45, 7) is 4.26. The van der Waals surface area contributed by atoms with Gasteiger partial charge in [0.2, 0.25) is 0 Å². The predicted molar refractivity (Wildman–Crippen MR) is 67.4 cm³/mol. The maximum Gasteiger partial charge on any atom is 0.337 e. The van der Waals surface area contributed by atoms with Crippen molar-refractivity contribution in [3.05, 3.63) is 41.6 Å². The number of hydrogen-bond acceptors (Lipinski definition) is 2. The third kappa shape index (κ3) is 2.00. The van der Waals surface area contributed by atoms with Gasteiger partial charge >= 0.3 is 5.97 Å². The van der Waals surface area contributed by atoms with Crippen molar-refractivity contribution < 1.29 is 9.90 Å². The first kappa shape index (κ1) is 11.6. The second kappa shape index (κ2) is 4.53. The first-order valence-electron chi connectivity index (χ1n) is 5.76. The molecule has 1 N–H and O–H groups in total. The van der Waals surface area contributed by atoms with Crippen LogP contribution >= 0.6 is 0 Å². The zero-order valence-electron chi connectivity index (χ0n) is 9.97. The van der Waals surface area contributed by atoms with Crippen LogP contribution in [0.5, 0.6) is 0 Å². The quantitative estimate of drug-likeness (QED) is 0.877. The molecule has 1 aromatic heterocycles. The van der Waals surface area contributed by atoms with Crippen molar-refractivity contribution in [1.29, 1.82) is 0 Å². The van der Waals surface area contributed by atoms with E-state index in [1.807, 2.05) is 18.2 Å². The minimum atomic E-state index is -0.926. The molecule has 1 aromatic carbocycles. The van der Waals surface area contributed by atoms with E-state index >= 15 is 0 Å². The lowest BCUT2D eigenvalue weighted by Crippen LogP contribution is -2.02. The number of rotatable bonds is 3. The minimum Gasteiger partial charge on any atom is -0.478 e. The summed E-state index contributed by atoms with van der Waals surface area (Å²) in [6, 6.07) is 7.34. The van der Waals surface area contributed by atoms with Gasteiger partial charge in [0.1, 0.15) is 0 Å². The normalized spacial score (nSPS) is 12.6. The van der Waals surface area contributed by atoms with Crippen molar-refractivity contribution in [2.75, 3.05) is 0 Å². The number of carboxylic acids is 1. The van der Waals surface area contributed by atoms with Crippen molar-refractivity contribution in [3.8, 4) is 0 Å². The molecule has 1 unspecified atom stereocenters. The average Bonchev–Trinajstić information content (AvgIpc) is 2.36. The zero-order valence-corrected chi connectivity index (χ0v) is 9.97. The largest absolute Gasteiger partial charge is 0.478 e. The van der Waals surface area contributed by atoms with E-state index in [2.05, 4.69) is 18.8 Å². The fourth-order valence-electron chi connectivity index (χ4n) is 2.02. The van der Waals surface area contributed by atoms with Crippen LogP contribution < -0.4 is 0 Å².